The Hall–Kier alpha value is -0.820. The summed E-state index contributed by atoms with van der Waals surface area (Å²) < 4.78 is 6.73. The highest BCUT2D eigenvalue weighted by molar-refractivity contribution is 5.15. The monoisotopic (exact) mass is 328 g/mol. The van der Waals surface area contributed by atoms with Crippen molar-refractivity contribution in [2.75, 3.05) is 6.61 Å². The number of ether oxygens (including phenoxy) is 1. The van der Waals surface area contributed by atoms with Gasteiger partial charge in [-0.1, -0.05) is 81.7 Å². The molecular formula is C23H36O. The fraction of sp³-hybridized carbons (Fsp3) is 0.739. The third kappa shape index (κ3) is 5.09. The van der Waals surface area contributed by atoms with Crippen molar-refractivity contribution in [1.82, 2.24) is 0 Å². The lowest BCUT2D eigenvalue weighted by Gasteiger charge is -2.43. The van der Waals surface area contributed by atoms with E-state index < -0.39 is 0 Å². The van der Waals surface area contributed by atoms with Crippen molar-refractivity contribution in [1.29, 1.82) is 0 Å². The summed E-state index contributed by atoms with van der Waals surface area (Å²) in [5.41, 5.74) is 1.64. The van der Waals surface area contributed by atoms with E-state index in [-0.39, 0.29) is 5.60 Å². The van der Waals surface area contributed by atoms with Crippen molar-refractivity contribution in [3.8, 4) is 0 Å². The average Bonchev–Trinajstić information content (AvgIpc) is 2.56. The fourth-order valence-electron chi connectivity index (χ4n) is 4.93. The van der Waals surface area contributed by atoms with Crippen LogP contribution in [0.25, 0.3) is 0 Å². The van der Waals surface area contributed by atoms with Crippen LogP contribution in [0.5, 0.6) is 0 Å². The van der Waals surface area contributed by atoms with Gasteiger partial charge in [0.1, 0.15) is 0 Å². The van der Waals surface area contributed by atoms with Crippen molar-refractivity contribution in [3.63, 3.8) is 0 Å². The van der Waals surface area contributed by atoms with Gasteiger partial charge in [0.2, 0.25) is 0 Å². The molecule has 0 radical (unpaired) electrons. The molecule has 1 atom stereocenters. The largest absolute Gasteiger partial charge is 0.375 e. The van der Waals surface area contributed by atoms with Gasteiger partial charge in [-0.2, -0.15) is 0 Å². The molecule has 0 amide bonds. The topological polar surface area (TPSA) is 9.23 Å². The zero-order valence-electron chi connectivity index (χ0n) is 15.5. The van der Waals surface area contributed by atoms with Crippen molar-refractivity contribution < 1.29 is 4.74 Å². The minimum absolute atomic E-state index is 0.160. The number of hydrogen-bond donors (Lipinski definition) is 0. The highest BCUT2D eigenvalue weighted by Gasteiger charge is 2.39. The average molecular weight is 329 g/mol. The second-order valence-corrected chi connectivity index (χ2v) is 8.11. The fourth-order valence-corrected chi connectivity index (χ4v) is 4.93. The summed E-state index contributed by atoms with van der Waals surface area (Å²) in [4.78, 5) is 0. The van der Waals surface area contributed by atoms with Crippen LogP contribution in [0.15, 0.2) is 30.3 Å². The van der Waals surface area contributed by atoms with E-state index in [2.05, 4.69) is 30.3 Å². The molecule has 3 rings (SSSR count). The van der Waals surface area contributed by atoms with Gasteiger partial charge in [0.05, 0.1) is 5.60 Å². The predicted molar refractivity (Wildman–Crippen MR) is 102 cm³/mol. The Morgan fingerprint density at radius 2 is 1.46 bits per heavy atom. The molecule has 1 unspecified atom stereocenters. The van der Waals surface area contributed by atoms with Crippen molar-refractivity contribution in [2.45, 2.75) is 95.5 Å². The Balaban J connectivity index is 1.73. The van der Waals surface area contributed by atoms with Crippen LogP contribution in [0, 0.1) is 5.92 Å². The minimum Gasteiger partial charge on any atom is -0.375 e. The molecule has 24 heavy (non-hydrogen) atoms. The molecule has 1 saturated carbocycles. The van der Waals surface area contributed by atoms with Crippen LogP contribution >= 0.6 is 0 Å². The first-order valence-electron chi connectivity index (χ1n) is 10.6. The van der Waals surface area contributed by atoms with E-state index in [0.29, 0.717) is 0 Å². The van der Waals surface area contributed by atoms with E-state index in [1.807, 2.05) is 0 Å². The van der Waals surface area contributed by atoms with Crippen molar-refractivity contribution >= 4 is 0 Å². The number of aryl methyl sites for hydroxylation is 1. The molecule has 1 aliphatic carbocycles. The molecule has 1 aliphatic heterocycles. The molecule has 2 fully saturated rings. The van der Waals surface area contributed by atoms with Crippen LogP contribution in [0.4, 0.5) is 0 Å². The van der Waals surface area contributed by atoms with Crippen LogP contribution in [0.1, 0.15) is 89.0 Å². The maximum absolute atomic E-state index is 6.73. The van der Waals surface area contributed by atoms with Gasteiger partial charge in [-0.15, -0.1) is 0 Å². The molecule has 1 aromatic rings. The summed E-state index contributed by atoms with van der Waals surface area (Å²) in [6.07, 6.45) is 19.0. The molecule has 2 aliphatic rings. The van der Waals surface area contributed by atoms with Crippen LogP contribution in [0.3, 0.4) is 0 Å². The zero-order chi connectivity index (χ0) is 16.5. The molecule has 1 nitrogen and oxygen atoms in total. The molecular weight excluding hydrogens is 292 g/mol. The normalized spacial score (nSPS) is 27.7. The molecule has 1 heterocycles. The molecule has 134 valence electrons. The Kier molecular flexibility index (Phi) is 7.20. The number of hydrogen-bond acceptors (Lipinski definition) is 1. The molecule has 1 heteroatoms. The second kappa shape index (κ2) is 9.61. The van der Waals surface area contributed by atoms with Gasteiger partial charge < -0.3 is 4.74 Å². The standard InChI is InChI=1S/C23H36O/c1-2-9-15-22(16-10-3-1)23(18-11-4-5-12-20-24-23)19-17-21-13-7-6-8-14-21/h6-8,13-14,22H,1-5,9-12,15-20H2. The third-order valence-electron chi connectivity index (χ3n) is 6.41. The van der Waals surface area contributed by atoms with Gasteiger partial charge in [-0.3, -0.25) is 0 Å². The van der Waals surface area contributed by atoms with E-state index >= 15 is 0 Å². The maximum Gasteiger partial charge on any atom is 0.0713 e. The van der Waals surface area contributed by atoms with E-state index in [1.54, 1.807) is 0 Å². The molecule has 0 aromatic heterocycles. The molecule has 0 bridgehead atoms. The predicted octanol–water partition coefficient (Wildman–Crippen LogP) is 6.70. The Morgan fingerprint density at radius 3 is 2.25 bits per heavy atom. The van der Waals surface area contributed by atoms with Gasteiger partial charge in [0, 0.05) is 6.61 Å². The molecule has 0 spiro atoms. The third-order valence-corrected chi connectivity index (χ3v) is 6.41. The van der Waals surface area contributed by atoms with E-state index in [0.717, 1.165) is 12.5 Å². The van der Waals surface area contributed by atoms with Crippen LogP contribution in [-0.2, 0) is 11.2 Å². The first kappa shape index (κ1) is 18.0. The van der Waals surface area contributed by atoms with Gasteiger partial charge in [-0.05, 0) is 50.0 Å². The lowest BCUT2D eigenvalue weighted by Crippen LogP contribution is -2.43. The smallest absolute Gasteiger partial charge is 0.0713 e. The van der Waals surface area contributed by atoms with Crippen LogP contribution in [-0.4, -0.2) is 12.2 Å². The lowest BCUT2D eigenvalue weighted by molar-refractivity contribution is -0.111. The first-order valence-corrected chi connectivity index (χ1v) is 10.6. The number of benzene rings is 1. The Labute approximate surface area is 149 Å². The minimum atomic E-state index is 0.160. The lowest BCUT2D eigenvalue weighted by atomic mass is 9.72. The summed E-state index contributed by atoms with van der Waals surface area (Å²) >= 11 is 0. The van der Waals surface area contributed by atoms with Gasteiger partial charge in [0.15, 0.2) is 0 Å². The van der Waals surface area contributed by atoms with E-state index in [1.165, 1.54) is 95.5 Å². The Bertz CT molecular complexity index is 436. The summed E-state index contributed by atoms with van der Waals surface area (Å²) in [6.45, 7) is 0.991. The number of rotatable bonds is 4. The SMILES string of the molecule is c1ccc(CCC2(C3CCCCCCC3)CCCCCCO2)cc1. The summed E-state index contributed by atoms with van der Waals surface area (Å²) in [6, 6.07) is 11.1. The molecule has 1 aromatic carbocycles. The maximum atomic E-state index is 6.73. The van der Waals surface area contributed by atoms with Gasteiger partial charge >= 0.3 is 0 Å². The van der Waals surface area contributed by atoms with Crippen molar-refractivity contribution in [2.24, 2.45) is 5.92 Å². The van der Waals surface area contributed by atoms with E-state index in [4.69, 9.17) is 4.74 Å². The zero-order valence-corrected chi connectivity index (χ0v) is 15.5. The summed E-state index contributed by atoms with van der Waals surface area (Å²) in [5, 5.41) is 0. The summed E-state index contributed by atoms with van der Waals surface area (Å²) in [7, 11) is 0. The first-order chi connectivity index (χ1) is 11.9. The van der Waals surface area contributed by atoms with Crippen molar-refractivity contribution in [3.05, 3.63) is 35.9 Å². The quantitative estimate of drug-likeness (QED) is 0.597. The Morgan fingerprint density at radius 1 is 0.792 bits per heavy atom. The van der Waals surface area contributed by atoms with Crippen LogP contribution in [0.2, 0.25) is 0 Å². The van der Waals surface area contributed by atoms with Crippen LogP contribution < -0.4 is 0 Å². The van der Waals surface area contributed by atoms with E-state index in [9.17, 15) is 0 Å². The highest BCUT2D eigenvalue weighted by Crippen LogP contribution is 2.41. The summed E-state index contributed by atoms with van der Waals surface area (Å²) in [5.74, 6) is 0.791. The molecule has 0 N–H and O–H groups in total. The molecule has 1 saturated heterocycles. The van der Waals surface area contributed by atoms with Gasteiger partial charge in [-0.25, -0.2) is 0 Å². The van der Waals surface area contributed by atoms with Gasteiger partial charge in [0.25, 0.3) is 0 Å². The highest BCUT2D eigenvalue weighted by atomic mass is 16.5. The second-order valence-electron chi connectivity index (χ2n) is 8.11.